The quantitative estimate of drug-likeness (QED) is 0.799. The van der Waals surface area contributed by atoms with E-state index < -0.39 is 0 Å². The molecule has 0 radical (unpaired) electrons. The first-order valence-electron chi connectivity index (χ1n) is 6.19. The summed E-state index contributed by atoms with van der Waals surface area (Å²) in [4.78, 5) is 19.9. The van der Waals surface area contributed by atoms with Crippen LogP contribution in [-0.4, -0.2) is 15.9 Å². The van der Waals surface area contributed by atoms with Crippen LogP contribution >= 0.6 is 11.3 Å². The second kappa shape index (κ2) is 6.15. The molecule has 0 bridgehead atoms. The van der Waals surface area contributed by atoms with Gasteiger partial charge in [0, 0.05) is 23.3 Å². The molecule has 0 spiro atoms. The van der Waals surface area contributed by atoms with Crippen molar-refractivity contribution in [2.24, 2.45) is 0 Å². The van der Waals surface area contributed by atoms with Gasteiger partial charge in [0.25, 0.3) is 5.91 Å². The zero-order valence-electron chi connectivity index (χ0n) is 10.9. The van der Waals surface area contributed by atoms with Crippen LogP contribution in [0.15, 0.2) is 59.7 Å². The van der Waals surface area contributed by atoms with Gasteiger partial charge < -0.3 is 10.1 Å². The van der Waals surface area contributed by atoms with Crippen molar-refractivity contribution in [2.75, 3.05) is 5.32 Å². The molecule has 2 heterocycles. The first kappa shape index (κ1) is 13.3. The Morgan fingerprint density at radius 1 is 1.19 bits per heavy atom. The Labute approximate surface area is 125 Å². The van der Waals surface area contributed by atoms with Gasteiger partial charge in [0.1, 0.15) is 17.2 Å². The third-order valence-electron chi connectivity index (χ3n) is 2.63. The van der Waals surface area contributed by atoms with E-state index >= 15 is 0 Å². The zero-order chi connectivity index (χ0) is 14.5. The number of benzene rings is 1. The smallest absolute Gasteiger partial charge is 0.275 e. The number of rotatable bonds is 4. The number of nitrogens with one attached hydrogen (secondary N) is 1. The van der Waals surface area contributed by atoms with E-state index in [4.69, 9.17) is 4.74 Å². The molecule has 0 aliphatic heterocycles. The third-order valence-corrected chi connectivity index (χ3v) is 3.21. The van der Waals surface area contributed by atoms with Crippen LogP contribution in [-0.2, 0) is 0 Å². The second-order valence-electron chi connectivity index (χ2n) is 4.15. The highest BCUT2D eigenvalue weighted by Crippen LogP contribution is 2.23. The van der Waals surface area contributed by atoms with Crippen LogP contribution in [0.25, 0.3) is 0 Å². The lowest BCUT2D eigenvalue weighted by molar-refractivity contribution is 0.102. The van der Waals surface area contributed by atoms with Gasteiger partial charge in [-0.2, -0.15) is 0 Å². The molecular weight excluding hydrogens is 286 g/mol. The predicted molar refractivity (Wildman–Crippen MR) is 80.8 cm³/mol. The maximum atomic E-state index is 11.9. The van der Waals surface area contributed by atoms with E-state index in [2.05, 4.69) is 15.3 Å². The molecule has 21 heavy (non-hydrogen) atoms. The van der Waals surface area contributed by atoms with Crippen molar-refractivity contribution in [3.63, 3.8) is 0 Å². The molecule has 2 aromatic heterocycles. The normalized spacial score (nSPS) is 10.1. The largest absolute Gasteiger partial charge is 0.456 e. The molecule has 1 N–H and O–H groups in total. The van der Waals surface area contributed by atoms with Crippen LogP contribution in [0.3, 0.4) is 0 Å². The number of thiazole rings is 1. The fourth-order valence-electron chi connectivity index (χ4n) is 1.70. The maximum Gasteiger partial charge on any atom is 0.275 e. The molecule has 6 heteroatoms. The van der Waals surface area contributed by atoms with Gasteiger partial charge in [0.15, 0.2) is 0 Å². The Hall–Kier alpha value is -2.73. The van der Waals surface area contributed by atoms with Crippen molar-refractivity contribution in [1.82, 2.24) is 9.97 Å². The molecule has 1 aromatic carbocycles. The van der Waals surface area contributed by atoms with Crippen LogP contribution in [0.4, 0.5) is 5.69 Å². The van der Waals surface area contributed by atoms with E-state index in [0.29, 0.717) is 22.9 Å². The van der Waals surface area contributed by atoms with Crippen LogP contribution < -0.4 is 10.1 Å². The number of hydrogen-bond donors (Lipinski definition) is 1. The van der Waals surface area contributed by atoms with Gasteiger partial charge in [0.2, 0.25) is 0 Å². The van der Waals surface area contributed by atoms with Crippen molar-refractivity contribution >= 4 is 22.9 Å². The lowest BCUT2D eigenvalue weighted by atomic mass is 10.3. The van der Waals surface area contributed by atoms with Gasteiger partial charge in [-0.3, -0.25) is 9.78 Å². The molecule has 0 unspecified atom stereocenters. The maximum absolute atomic E-state index is 11.9. The van der Waals surface area contributed by atoms with Crippen LogP contribution in [0.2, 0.25) is 0 Å². The van der Waals surface area contributed by atoms with Crippen LogP contribution in [0.1, 0.15) is 10.5 Å². The summed E-state index contributed by atoms with van der Waals surface area (Å²) in [6, 6.07) is 10.8. The number of carbonyl (C=O) groups is 1. The molecule has 0 aliphatic carbocycles. The van der Waals surface area contributed by atoms with Crippen LogP contribution in [0, 0.1) is 0 Å². The number of aromatic nitrogens is 2. The number of anilines is 1. The average Bonchev–Trinajstić information content (AvgIpc) is 3.03. The van der Waals surface area contributed by atoms with Crippen molar-refractivity contribution in [2.45, 2.75) is 0 Å². The Bertz CT molecular complexity index is 730. The van der Waals surface area contributed by atoms with Gasteiger partial charge in [-0.25, -0.2) is 4.98 Å². The molecule has 5 nitrogen and oxygen atoms in total. The number of nitrogens with zero attached hydrogens (tertiary/aromatic N) is 2. The SMILES string of the molecule is O=C(Nc1cccc(Oc2cccnc2)c1)c1cscn1. The second-order valence-corrected chi connectivity index (χ2v) is 4.87. The summed E-state index contributed by atoms with van der Waals surface area (Å²) in [5.41, 5.74) is 2.67. The zero-order valence-corrected chi connectivity index (χ0v) is 11.7. The number of carbonyl (C=O) groups excluding carboxylic acids is 1. The van der Waals surface area contributed by atoms with Crippen molar-refractivity contribution in [3.8, 4) is 11.5 Å². The number of hydrogen-bond acceptors (Lipinski definition) is 5. The Morgan fingerprint density at radius 3 is 2.86 bits per heavy atom. The fraction of sp³-hybridized carbons (Fsp3) is 0. The first-order valence-corrected chi connectivity index (χ1v) is 7.13. The molecule has 3 rings (SSSR count). The summed E-state index contributed by atoms with van der Waals surface area (Å²) in [6.45, 7) is 0. The van der Waals surface area contributed by atoms with Gasteiger partial charge in [0.05, 0.1) is 11.7 Å². The minimum Gasteiger partial charge on any atom is -0.456 e. The highest BCUT2D eigenvalue weighted by molar-refractivity contribution is 7.07. The molecule has 1 amide bonds. The molecule has 104 valence electrons. The van der Waals surface area contributed by atoms with Gasteiger partial charge >= 0.3 is 0 Å². The minimum atomic E-state index is -0.241. The lowest BCUT2D eigenvalue weighted by Gasteiger charge is -2.08. The summed E-state index contributed by atoms with van der Waals surface area (Å²) < 4.78 is 5.66. The minimum absolute atomic E-state index is 0.241. The Balaban J connectivity index is 1.73. The predicted octanol–water partition coefficient (Wildman–Crippen LogP) is 3.58. The highest BCUT2D eigenvalue weighted by Gasteiger charge is 2.08. The van der Waals surface area contributed by atoms with E-state index in [-0.39, 0.29) is 5.91 Å². The van der Waals surface area contributed by atoms with Gasteiger partial charge in [-0.05, 0) is 24.3 Å². The molecule has 0 saturated carbocycles. The average molecular weight is 297 g/mol. The molecule has 0 aliphatic rings. The van der Waals surface area contributed by atoms with Crippen molar-refractivity contribution in [1.29, 1.82) is 0 Å². The number of ether oxygens (including phenoxy) is 1. The summed E-state index contributed by atoms with van der Waals surface area (Å²) in [5, 5.41) is 4.48. The van der Waals surface area contributed by atoms with Gasteiger partial charge in [-0.15, -0.1) is 11.3 Å². The van der Waals surface area contributed by atoms with E-state index in [1.807, 2.05) is 18.2 Å². The third kappa shape index (κ3) is 3.43. The first-order chi connectivity index (χ1) is 10.3. The van der Waals surface area contributed by atoms with Gasteiger partial charge in [-0.1, -0.05) is 6.07 Å². The van der Waals surface area contributed by atoms with Crippen molar-refractivity contribution in [3.05, 3.63) is 65.4 Å². The fourth-order valence-corrected chi connectivity index (χ4v) is 2.23. The number of pyridine rings is 1. The topological polar surface area (TPSA) is 64.1 Å². The monoisotopic (exact) mass is 297 g/mol. The Kier molecular flexibility index (Phi) is 3.88. The molecule has 0 saturated heterocycles. The Morgan fingerprint density at radius 2 is 2.10 bits per heavy atom. The standard InChI is InChI=1S/C15H11N3O2S/c19-15(14-9-21-10-17-14)18-11-3-1-4-12(7-11)20-13-5-2-6-16-8-13/h1-10H,(H,18,19). The van der Waals surface area contributed by atoms with Crippen molar-refractivity contribution < 1.29 is 9.53 Å². The molecule has 0 fully saturated rings. The van der Waals surface area contributed by atoms with E-state index in [0.717, 1.165) is 0 Å². The summed E-state index contributed by atoms with van der Waals surface area (Å²) in [5.74, 6) is 1.02. The number of amides is 1. The van der Waals surface area contributed by atoms with Crippen LogP contribution in [0.5, 0.6) is 11.5 Å². The lowest BCUT2D eigenvalue weighted by Crippen LogP contribution is -2.11. The summed E-state index contributed by atoms with van der Waals surface area (Å²) in [6.07, 6.45) is 3.30. The molecule has 0 atom stereocenters. The summed E-state index contributed by atoms with van der Waals surface area (Å²) in [7, 11) is 0. The van der Waals surface area contributed by atoms with E-state index in [1.54, 1.807) is 41.5 Å². The summed E-state index contributed by atoms with van der Waals surface area (Å²) >= 11 is 1.38. The molecular formula is C15H11N3O2S. The van der Waals surface area contributed by atoms with E-state index in [1.165, 1.54) is 11.3 Å². The molecule has 3 aromatic rings. The van der Waals surface area contributed by atoms with E-state index in [9.17, 15) is 4.79 Å². The highest BCUT2D eigenvalue weighted by atomic mass is 32.1.